The lowest BCUT2D eigenvalue weighted by Crippen LogP contribution is -2.30. The molecule has 1 amide bonds. The summed E-state index contributed by atoms with van der Waals surface area (Å²) in [5, 5.41) is 0.921. The molecule has 0 spiro atoms. The number of thioether (sulfide) groups is 1. The molecule has 0 radical (unpaired) electrons. The average Bonchev–Trinajstić information content (AvgIpc) is 3.06. The molecular weight excluding hydrogens is 361 g/mol. The van der Waals surface area contributed by atoms with Gasteiger partial charge >= 0.3 is 0 Å². The Morgan fingerprint density at radius 3 is 2.46 bits per heavy atom. The minimum atomic E-state index is -0.00324. The quantitative estimate of drug-likeness (QED) is 0.650. The first-order chi connectivity index (χ1) is 11.5. The molecule has 5 heteroatoms. The minimum Gasteiger partial charge on any atom is -0.322 e. The Bertz CT molecular complexity index is 746. The monoisotopic (exact) mass is 379 g/mol. The Morgan fingerprint density at radius 1 is 1.12 bits per heavy atom. The second kappa shape index (κ2) is 7.38. The Morgan fingerprint density at radius 2 is 1.83 bits per heavy atom. The van der Waals surface area contributed by atoms with Crippen LogP contribution in [0.2, 0.25) is 10.0 Å². The lowest BCUT2D eigenvalue weighted by Gasteiger charge is -2.24. The molecule has 0 aliphatic carbocycles. The number of carbonyl (C=O) groups excluding carboxylic acids is 1. The maximum atomic E-state index is 12.9. The lowest BCUT2D eigenvalue weighted by molar-refractivity contribution is 0.0760. The summed E-state index contributed by atoms with van der Waals surface area (Å²) in [4.78, 5) is 14.8. The van der Waals surface area contributed by atoms with Crippen LogP contribution in [0.4, 0.5) is 0 Å². The Labute approximate surface area is 157 Å². The van der Waals surface area contributed by atoms with E-state index < -0.39 is 0 Å². The molecule has 0 N–H and O–H groups in total. The molecule has 2 aromatic rings. The van der Waals surface area contributed by atoms with Crippen molar-refractivity contribution in [2.75, 3.05) is 12.3 Å². The zero-order valence-corrected chi connectivity index (χ0v) is 16.0. The van der Waals surface area contributed by atoms with Crippen LogP contribution >= 0.6 is 35.0 Å². The van der Waals surface area contributed by atoms with Gasteiger partial charge in [0.15, 0.2) is 0 Å². The second-order valence-corrected chi connectivity index (χ2v) is 8.17. The third kappa shape index (κ3) is 3.58. The first-order valence-corrected chi connectivity index (χ1v) is 9.75. The topological polar surface area (TPSA) is 20.3 Å². The highest BCUT2D eigenvalue weighted by atomic mass is 35.5. The van der Waals surface area contributed by atoms with Crippen LogP contribution in [0.15, 0.2) is 42.5 Å². The molecule has 0 bridgehead atoms. The number of nitrogens with zero attached hydrogens (tertiary/aromatic N) is 1. The van der Waals surface area contributed by atoms with Crippen LogP contribution in [0.3, 0.4) is 0 Å². The first kappa shape index (κ1) is 17.7. The van der Waals surface area contributed by atoms with E-state index in [0.29, 0.717) is 21.5 Å². The van der Waals surface area contributed by atoms with Crippen molar-refractivity contribution in [1.82, 2.24) is 4.90 Å². The third-order valence-corrected chi connectivity index (χ3v) is 6.21. The fourth-order valence-corrected chi connectivity index (χ4v) is 4.35. The van der Waals surface area contributed by atoms with Gasteiger partial charge in [-0.25, -0.2) is 0 Å². The standard InChI is InChI=1S/C19H19Cl2NOS/c1-12(2)13-3-5-14(6-4-13)19-22(9-10-24-19)18(23)15-7-8-16(20)17(21)11-15/h3-8,11-12,19H,9-10H2,1-2H3. The summed E-state index contributed by atoms with van der Waals surface area (Å²) in [7, 11) is 0. The molecule has 1 unspecified atom stereocenters. The molecule has 0 aromatic heterocycles. The molecule has 1 saturated heterocycles. The van der Waals surface area contributed by atoms with Gasteiger partial charge in [-0.05, 0) is 35.2 Å². The molecule has 1 aliphatic rings. The molecular formula is C19H19Cl2NOS. The number of rotatable bonds is 3. The van der Waals surface area contributed by atoms with Gasteiger partial charge in [0, 0.05) is 17.9 Å². The zero-order valence-electron chi connectivity index (χ0n) is 13.6. The molecule has 2 aromatic carbocycles. The Balaban J connectivity index is 1.84. The smallest absolute Gasteiger partial charge is 0.255 e. The fourth-order valence-electron chi connectivity index (χ4n) is 2.79. The van der Waals surface area contributed by atoms with E-state index in [4.69, 9.17) is 23.2 Å². The molecule has 0 saturated carbocycles. The van der Waals surface area contributed by atoms with E-state index in [1.54, 1.807) is 30.0 Å². The largest absolute Gasteiger partial charge is 0.322 e. The van der Waals surface area contributed by atoms with E-state index in [-0.39, 0.29) is 11.3 Å². The van der Waals surface area contributed by atoms with Crippen LogP contribution in [0, 0.1) is 0 Å². The SMILES string of the molecule is CC(C)c1ccc(C2SCCN2C(=O)c2ccc(Cl)c(Cl)c2)cc1. The van der Waals surface area contributed by atoms with Gasteiger partial charge in [0.2, 0.25) is 0 Å². The number of carbonyl (C=O) groups is 1. The van der Waals surface area contributed by atoms with Gasteiger partial charge in [0.25, 0.3) is 5.91 Å². The van der Waals surface area contributed by atoms with Crippen LogP contribution < -0.4 is 0 Å². The molecule has 1 fully saturated rings. The zero-order chi connectivity index (χ0) is 17.3. The highest BCUT2D eigenvalue weighted by Gasteiger charge is 2.31. The average molecular weight is 380 g/mol. The van der Waals surface area contributed by atoms with Gasteiger partial charge in [-0.1, -0.05) is 61.3 Å². The molecule has 2 nitrogen and oxygen atoms in total. The summed E-state index contributed by atoms with van der Waals surface area (Å²) >= 11 is 13.8. The van der Waals surface area contributed by atoms with Crippen molar-refractivity contribution in [2.24, 2.45) is 0 Å². The van der Waals surface area contributed by atoms with E-state index in [2.05, 4.69) is 38.1 Å². The van der Waals surface area contributed by atoms with Crippen molar-refractivity contribution in [1.29, 1.82) is 0 Å². The highest BCUT2D eigenvalue weighted by Crippen LogP contribution is 2.39. The highest BCUT2D eigenvalue weighted by molar-refractivity contribution is 7.99. The van der Waals surface area contributed by atoms with E-state index in [1.165, 1.54) is 5.56 Å². The minimum absolute atomic E-state index is 0.00324. The van der Waals surface area contributed by atoms with Crippen molar-refractivity contribution in [3.05, 3.63) is 69.2 Å². The molecule has 3 rings (SSSR count). The van der Waals surface area contributed by atoms with Gasteiger partial charge < -0.3 is 4.90 Å². The maximum Gasteiger partial charge on any atom is 0.255 e. The molecule has 1 aliphatic heterocycles. The first-order valence-electron chi connectivity index (χ1n) is 7.95. The van der Waals surface area contributed by atoms with Crippen molar-refractivity contribution in [3.8, 4) is 0 Å². The maximum absolute atomic E-state index is 12.9. The predicted octanol–water partition coefficient (Wildman–Crippen LogP) is 6.00. The number of hydrogen-bond donors (Lipinski definition) is 0. The van der Waals surface area contributed by atoms with E-state index in [1.807, 2.05) is 4.90 Å². The van der Waals surface area contributed by atoms with E-state index in [9.17, 15) is 4.79 Å². The molecule has 1 heterocycles. The van der Waals surface area contributed by atoms with Gasteiger partial charge in [-0.15, -0.1) is 11.8 Å². The van der Waals surface area contributed by atoms with Crippen LogP contribution in [-0.4, -0.2) is 23.1 Å². The van der Waals surface area contributed by atoms with E-state index in [0.717, 1.165) is 17.9 Å². The number of benzene rings is 2. The molecule has 1 atom stereocenters. The molecule has 126 valence electrons. The molecule has 24 heavy (non-hydrogen) atoms. The second-order valence-electron chi connectivity index (χ2n) is 6.17. The van der Waals surface area contributed by atoms with Crippen molar-refractivity contribution in [3.63, 3.8) is 0 Å². The Hall–Kier alpha value is -1.16. The number of halogens is 2. The number of amides is 1. The summed E-state index contributed by atoms with van der Waals surface area (Å²) < 4.78 is 0. The van der Waals surface area contributed by atoms with Gasteiger partial charge in [0.1, 0.15) is 5.37 Å². The summed E-state index contributed by atoms with van der Waals surface area (Å²) in [6.07, 6.45) is 0. The van der Waals surface area contributed by atoms with Crippen LogP contribution in [0.25, 0.3) is 0 Å². The van der Waals surface area contributed by atoms with Crippen LogP contribution in [0.5, 0.6) is 0 Å². The Kier molecular flexibility index (Phi) is 5.43. The van der Waals surface area contributed by atoms with Crippen molar-refractivity contribution in [2.45, 2.75) is 25.1 Å². The predicted molar refractivity (Wildman–Crippen MR) is 103 cm³/mol. The van der Waals surface area contributed by atoms with Crippen LogP contribution in [-0.2, 0) is 0 Å². The van der Waals surface area contributed by atoms with Gasteiger partial charge in [-0.2, -0.15) is 0 Å². The van der Waals surface area contributed by atoms with Crippen molar-refractivity contribution >= 4 is 40.9 Å². The summed E-state index contributed by atoms with van der Waals surface area (Å²) in [6, 6.07) is 13.6. The van der Waals surface area contributed by atoms with Gasteiger partial charge in [-0.3, -0.25) is 4.79 Å². The summed E-state index contributed by atoms with van der Waals surface area (Å²) in [5.74, 6) is 1.43. The van der Waals surface area contributed by atoms with E-state index >= 15 is 0 Å². The lowest BCUT2D eigenvalue weighted by atomic mass is 10.0. The fraction of sp³-hybridized carbons (Fsp3) is 0.316. The summed E-state index contributed by atoms with van der Waals surface area (Å²) in [5.41, 5.74) is 3.05. The van der Waals surface area contributed by atoms with Crippen LogP contribution in [0.1, 0.15) is 46.6 Å². The van der Waals surface area contributed by atoms with Gasteiger partial charge in [0.05, 0.1) is 10.0 Å². The third-order valence-electron chi connectivity index (χ3n) is 4.21. The summed E-state index contributed by atoms with van der Waals surface area (Å²) in [6.45, 7) is 5.10. The number of hydrogen-bond acceptors (Lipinski definition) is 2. The van der Waals surface area contributed by atoms with Crippen molar-refractivity contribution < 1.29 is 4.79 Å². The normalized spacial score (nSPS) is 17.5.